The van der Waals surface area contributed by atoms with Gasteiger partial charge in [-0.15, -0.1) is 0 Å². The molecule has 4 nitrogen and oxygen atoms in total. The zero-order valence-electron chi connectivity index (χ0n) is 16.7. The van der Waals surface area contributed by atoms with Crippen molar-refractivity contribution >= 4 is 28.4 Å². The summed E-state index contributed by atoms with van der Waals surface area (Å²) in [6.07, 6.45) is 1.99. The smallest absolute Gasteiger partial charge is 0.257 e. The van der Waals surface area contributed by atoms with Gasteiger partial charge in [0.1, 0.15) is 5.75 Å². The molecule has 3 aromatic carbocycles. The number of rotatable bonds is 7. The predicted molar refractivity (Wildman–Crippen MR) is 121 cm³/mol. The van der Waals surface area contributed by atoms with E-state index in [9.17, 15) is 4.79 Å². The van der Waals surface area contributed by atoms with Crippen LogP contribution in [-0.2, 0) is 4.79 Å². The highest BCUT2D eigenvalue weighted by Crippen LogP contribution is 2.34. The molecular weight excluding hydrogens is 396 g/mol. The molecule has 0 bridgehead atoms. The van der Waals surface area contributed by atoms with Gasteiger partial charge in [0, 0.05) is 34.6 Å². The SMILES string of the molecule is Cc1cccc(OCC(=O)NCC(c2ccccc2Cl)c2c[nH]c3ccccc23)c1. The van der Waals surface area contributed by atoms with Crippen molar-refractivity contribution in [2.45, 2.75) is 12.8 Å². The van der Waals surface area contributed by atoms with Gasteiger partial charge in [-0.05, 0) is 47.9 Å². The van der Waals surface area contributed by atoms with Crippen molar-refractivity contribution in [1.82, 2.24) is 10.3 Å². The number of carbonyl (C=O) groups excluding carboxylic acids is 1. The summed E-state index contributed by atoms with van der Waals surface area (Å²) in [5.41, 5.74) is 4.21. The highest BCUT2D eigenvalue weighted by atomic mass is 35.5. The molecule has 2 N–H and O–H groups in total. The summed E-state index contributed by atoms with van der Waals surface area (Å²) in [5.74, 6) is 0.426. The largest absolute Gasteiger partial charge is 0.484 e. The molecule has 5 heteroatoms. The molecule has 30 heavy (non-hydrogen) atoms. The third-order valence-electron chi connectivity index (χ3n) is 5.14. The van der Waals surface area contributed by atoms with Crippen LogP contribution in [0.5, 0.6) is 5.75 Å². The number of aryl methyl sites for hydroxylation is 1. The lowest BCUT2D eigenvalue weighted by molar-refractivity contribution is -0.123. The molecule has 0 aliphatic carbocycles. The normalized spacial score (nSPS) is 11.9. The number of carbonyl (C=O) groups is 1. The molecule has 4 rings (SSSR count). The molecule has 1 heterocycles. The number of hydrogen-bond acceptors (Lipinski definition) is 2. The highest BCUT2D eigenvalue weighted by Gasteiger charge is 2.21. The van der Waals surface area contributed by atoms with Crippen LogP contribution in [0.3, 0.4) is 0 Å². The molecule has 0 spiro atoms. The van der Waals surface area contributed by atoms with Crippen LogP contribution < -0.4 is 10.1 Å². The van der Waals surface area contributed by atoms with Crippen molar-refractivity contribution in [3.8, 4) is 5.75 Å². The molecule has 1 aromatic heterocycles. The lowest BCUT2D eigenvalue weighted by Gasteiger charge is -2.19. The highest BCUT2D eigenvalue weighted by molar-refractivity contribution is 6.31. The van der Waals surface area contributed by atoms with Crippen LogP contribution in [0.15, 0.2) is 79.0 Å². The zero-order valence-corrected chi connectivity index (χ0v) is 17.4. The monoisotopic (exact) mass is 418 g/mol. The Hall–Kier alpha value is -3.24. The lowest BCUT2D eigenvalue weighted by Crippen LogP contribution is -2.32. The van der Waals surface area contributed by atoms with Gasteiger partial charge in [0.25, 0.3) is 5.91 Å². The van der Waals surface area contributed by atoms with Gasteiger partial charge in [-0.25, -0.2) is 0 Å². The maximum Gasteiger partial charge on any atom is 0.257 e. The van der Waals surface area contributed by atoms with Crippen LogP contribution in [0.4, 0.5) is 0 Å². The molecule has 152 valence electrons. The van der Waals surface area contributed by atoms with Crippen molar-refractivity contribution in [1.29, 1.82) is 0 Å². The second-order valence-corrected chi connectivity index (χ2v) is 7.68. The summed E-state index contributed by atoms with van der Waals surface area (Å²) in [6.45, 7) is 2.37. The maximum atomic E-state index is 12.5. The average molecular weight is 419 g/mol. The van der Waals surface area contributed by atoms with Crippen LogP contribution in [0, 0.1) is 6.92 Å². The van der Waals surface area contributed by atoms with Gasteiger partial charge in [0.05, 0.1) is 0 Å². The average Bonchev–Trinajstić information content (AvgIpc) is 3.18. The van der Waals surface area contributed by atoms with Gasteiger partial charge in [0.15, 0.2) is 6.61 Å². The number of halogens is 1. The molecule has 0 fully saturated rings. The molecule has 4 aromatic rings. The van der Waals surface area contributed by atoms with Crippen LogP contribution in [-0.4, -0.2) is 24.0 Å². The molecule has 1 unspecified atom stereocenters. The second kappa shape index (κ2) is 9.06. The first-order valence-electron chi connectivity index (χ1n) is 9.88. The van der Waals surface area contributed by atoms with Gasteiger partial charge in [-0.2, -0.15) is 0 Å². The number of para-hydroxylation sites is 1. The topological polar surface area (TPSA) is 54.1 Å². The molecule has 0 radical (unpaired) electrons. The Morgan fingerprint density at radius 3 is 2.67 bits per heavy atom. The van der Waals surface area contributed by atoms with Crippen molar-refractivity contribution < 1.29 is 9.53 Å². The summed E-state index contributed by atoms with van der Waals surface area (Å²) in [6, 6.07) is 23.5. The van der Waals surface area contributed by atoms with Crippen molar-refractivity contribution in [2.75, 3.05) is 13.2 Å². The number of H-pyrrole nitrogens is 1. The molecule has 1 atom stereocenters. The van der Waals surface area contributed by atoms with Gasteiger partial charge in [0.2, 0.25) is 0 Å². The first-order chi connectivity index (χ1) is 14.6. The number of aromatic nitrogens is 1. The Kier molecular flexibility index (Phi) is 6.05. The lowest BCUT2D eigenvalue weighted by atomic mass is 9.91. The number of aromatic amines is 1. The predicted octanol–water partition coefficient (Wildman–Crippen LogP) is 5.46. The van der Waals surface area contributed by atoms with Gasteiger partial charge in [-0.1, -0.05) is 60.1 Å². The molecule has 0 saturated heterocycles. The van der Waals surface area contributed by atoms with Crippen LogP contribution >= 0.6 is 11.6 Å². The summed E-state index contributed by atoms with van der Waals surface area (Å²) in [4.78, 5) is 15.8. The maximum absolute atomic E-state index is 12.5. The third-order valence-corrected chi connectivity index (χ3v) is 5.48. The standard InChI is InChI=1S/C25H23ClN2O2/c1-17-7-6-8-18(13-17)30-16-25(29)28-15-21(19-9-2-4-11-23(19)26)22-14-27-24-12-5-3-10-20(22)24/h2-14,21,27H,15-16H2,1H3,(H,28,29). The van der Waals surface area contributed by atoms with Crippen LogP contribution in [0.1, 0.15) is 22.6 Å². The molecule has 0 aliphatic heterocycles. The molecular formula is C25H23ClN2O2. The fourth-order valence-corrected chi connectivity index (χ4v) is 3.92. The van der Waals surface area contributed by atoms with E-state index in [1.807, 2.05) is 79.9 Å². The van der Waals surface area contributed by atoms with E-state index in [1.54, 1.807) is 0 Å². The minimum absolute atomic E-state index is 0.0351. The minimum atomic E-state index is -0.173. The second-order valence-electron chi connectivity index (χ2n) is 7.27. The molecule has 0 aliphatic rings. The first kappa shape index (κ1) is 20.0. The van der Waals surface area contributed by atoms with E-state index in [1.165, 1.54) is 0 Å². The number of benzene rings is 3. The van der Waals surface area contributed by atoms with Crippen molar-refractivity contribution in [2.24, 2.45) is 0 Å². The number of nitrogens with one attached hydrogen (secondary N) is 2. The summed E-state index contributed by atoms with van der Waals surface area (Å²) >= 11 is 6.51. The summed E-state index contributed by atoms with van der Waals surface area (Å²) < 4.78 is 5.63. The number of ether oxygens (including phenoxy) is 1. The minimum Gasteiger partial charge on any atom is -0.484 e. The Balaban J connectivity index is 1.52. The molecule has 1 amide bonds. The quantitative estimate of drug-likeness (QED) is 0.419. The number of hydrogen-bond donors (Lipinski definition) is 2. The van der Waals surface area contributed by atoms with Gasteiger partial charge < -0.3 is 15.0 Å². The van der Waals surface area contributed by atoms with Crippen molar-refractivity contribution in [3.63, 3.8) is 0 Å². The molecule has 0 saturated carbocycles. The van der Waals surface area contributed by atoms with Crippen LogP contribution in [0.25, 0.3) is 10.9 Å². The Labute approximate surface area is 180 Å². The van der Waals surface area contributed by atoms with E-state index in [0.717, 1.165) is 27.6 Å². The van der Waals surface area contributed by atoms with E-state index >= 15 is 0 Å². The summed E-state index contributed by atoms with van der Waals surface area (Å²) in [7, 11) is 0. The van der Waals surface area contributed by atoms with Gasteiger partial charge >= 0.3 is 0 Å². The van der Waals surface area contributed by atoms with Crippen LogP contribution in [0.2, 0.25) is 5.02 Å². The number of amides is 1. The van der Waals surface area contributed by atoms with E-state index in [-0.39, 0.29) is 18.4 Å². The summed E-state index contributed by atoms with van der Waals surface area (Å²) in [5, 5.41) is 4.81. The van der Waals surface area contributed by atoms with E-state index in [4.69, 9.17) is 16.3 Å². The Bertz CT molecular complexity index is 1170. The van der Waals surface area contributed by atoms with E-state index < -0.39 is 0 Å². The fraction of sp³-hybridized carbons (Fsp3) is 0.160. The third kappa shape index (κ3) is 4.50. The Morgan fingerprint density at radius 2 is 1.83 bits per heavy atom. The van der Waals surface area contributed by atoms with Crippen molar-refractivity contribution in [3.05, 3.63) is 101 Å². The van der Waals surface area contributed by atoms with Gasteiger partial charge in [-0.3, -0.25) is 4.79 Å². The first-order valence-corrected chi connectivity index (χ1v) is 10.3. The zero-order chi connectivity index (χ0) is 20.9. The van der Waals surface area contributed by atoms with E-state index in [2.05, 4.69) is 16.4 Å². The number of fused-ring (bicyclic) bond motifs is 1. The van der Waals surface area contributed by atoms with E-state index in [0.29, 0.717) is 17.3 Å². The fourth-order valence-electron chi connectivity index (χ4n) is 3.65. The Morgan fingerprint density at radius 1 is 1.03 bits per heavy atom.